The Kier molecular flexibility index (Phi) is 9.33. The molecule has 0 aromatic heterocycles. The van der Waals surface area contributed by atoms with Gasteiger partial charge in [0.25, 0.3) is 0 Å². The fraction of sp³-hybridized carbons (Fsp3) is 0.857. The number of hydrogen-bond acceptors (Lipinski definition) is 2. The Morgan fingerprint density at radius 3 is 2.06 bits per heavy atom. The van der Waals surface area contributed by atoms with Crippen LogP contribution < -0.4 is 10.6 Å². The van der Waals surface area contributed by atoms with E-state index in [1.807, 2.05) is 13.8 Å². The van der Waals surface area contributed by atoms with Gasteiger partial charge in [-0.25, -0.2) is 0 Å². The van der Waals surface area contributed by atoms with Crippen molar-refractivity contribution in [1.29, 1.82) is 0 Å². The molecule has 0 rings (SSSR count). The average molecular weight is 256 g/mol. The highest BCUT2D eigenvalue weighted by Gasteiger charge is 2.05. The molecule has 0 fully saturated rings. The summed E-state index contributed by atoms with van der Waals surface area (Å²) in [5.41, 5.74) is 0. The van der Waals surface area contributed by atoms with Crippen molar-refractivity contribution >= 4 is 11.8 Å². The number of carbonyl (C=O) groups excluding carboxylic acids is 2. The Hall–Kier alpha value is -1.06. The van der Waals surface area contributed by atoms with Crippen molar-refractivity contribution in [2.75, 3.05) is 13.1 Å². The van der Waals surface area contributed by atoms with Crippen molar-refractivity contribution in [3.63, 3.8) is 0 Å². The summed E-state index contributed by atoms with van der Waals surface area (Å²) in [6.07, 6.45) is 3.04. The molecule has 0 saturated carbocycles. The van der Waals surface area contributed by atoms with Gasteiger partial charge in [-0.15, -0.1) is 0 Å². The van der Waals surface area contributed by atoms with Gasteiger partial charge in [0.05, 0.1) is 0 Å². The lowest BCUT2D eigenvalue weighted by Gasteiger charge is -2.08. The van der Waals surface area contributed by atoms with Crippen LogP contribution in [0.25, 0.3) is 0 Å². The molecule has 0 radical (unpaired) electrons. The van der Waals surface area contributed by atoms with Crippen molar-refractivity contribution in [1.82, 2.24) is 10.6 Å². The molecular formula is C14H28N2O2. The van der Waals surface area contributed by atoms with Gasteiger partial charge in [0, 0.05) is 25.9 Å². The standard InChI is InChI=1S/C14H28N2O2/c1-11(2)6-5-8-15-13(17)7-9-16-14(18)10-12(3)4/h11-12H,5-10H2,1-4H3,(H,15,17)(H,16,18). The van der Waals surface area contributed by atoms with Gasteiger partial charge in [-0.3, -0.25) is 9.59 Å². The van der Waals surface area contributed by atoms with Crippen LogP contribution in [0.5, 0.6) is 0 Å². The smallest absolute Gasteiger partial charge is 0.221 e. The molecule has 18 heavy (non-hydrogen) atoms. The van der Waals surface area contributed by atoms with Crippen LogP contribution in [0.15, 0.2) is 0 Å². The maximum Gasteiger partial charge on any atom is 0.221 e. The molecular weight excluding hydrogens is 228 g/mol. The highest BCUT2D eigenvalue weighted by atomic mass is 16.2. The predicted octanol–water partition coefficient (Wildman–Crippen LogP) is 2.09. The van der Waals surface area contributed by atoms with Gasteiger partial charge in [-0.2, -0.15) is 0 Å². The Morgan fingerprint density at radius 1 is 0.889 bits per heavy atom. The number of nitrogens with one attached hydrogen (secondary N) is 2. The molecule has 0 heterocycles. The largest absolute Gasteiger partial charge is 0.356 e. The molecule has 0 aromatic carbocycles. The quantitative estimate of drug-likeness (QED) is 0.621. The van der Waals surface area contributed by atoms with Gasteiger partial charge < -0.3 is 10.6 Å². The zero-order chi connectivity index (χ0) is 14.0. The van der Waals surface area contributed by atoms with Crippen LogP contribution in [0.3, 0.4) is 0 Å². The Morgan fingerprint density at radius 2 is 1.50 bits per heavy atom. The van der Waals surface area contributed by atoms with E-state index >= 15 is 0 Å². The molecule has 4 nitrogen and oxygen atoms in total. The first-order valence-corrected chi connectivity index (χ1v) is 6.95. The van der Waals surface area contributed by atoms with E-state index in [1.165, 1.54) is 0 Å². The number of carbonyl (C=O) groups is 2. The molecule has 2 N–H and O–H groups in total. The van der Waals surface area contributed by atoms with Crippen LogP contribution in [0.1, 0.15) is 53.4 Å². The maximum absolute atomic E-state index is 11.4. The monoisotopic (exact) mass is 256 g/mol. The number of hydrogen-bond donors (Lipinski definition) is 2. The summed E-state index contributed by atoms with van der Waals surface area (Å²) in [7, 11) is 0. The van der Waals surface area contributed by atoms with Crippen LogP contribution in [-0.4, -0.2) is 24.9 Å². The fourth-order valence-corrected chi connectivity index (χ4v) is 1.58. The Balaban J connectivity index is 3.45. The molecule has 4 heteroatoms. The summed E-state index contributed by atoms with van der Waals surface area (Å²) in [6.45, 7) is 9.51. The van der Waals surface area contributed by atoms with Gasteiger partial charge in [0.2, 0.25) is 11.8 Å². The summed E-state index contributed by atoms with van der Waals surface area (Å²) in [5.74, 6) is 1.08. The van der Waals surface area contributed by atoms with E-state index < -0.39 is 0 Å². The molecule has 0 aliphatic heterocycles. The van der Waals surface area contributed by atoms with E-state index in [9.17, 15) is 9.59 Å². The summed E-state index contributed by atoms with van der Waals surface area (Å²) >= 11 is 0. The van der Waals surface area contributed by atoms with Crippen LogP contribution >= 0.6 is 0 Å². The molecule has 2 amide bonds. The van der Waals surface area contributed by atoms with Crippen molar-refractivity contribution in [2.24, 2.45) is 11.8 Å². The topological polar surface area (TPSA) is 58.2 Å². The number of amides is 2. The van der Waals surface area contributed by atoms with Crippen LogP contribution in [0, 0.1) is 11.8 Å². The lowest BCUT2D eigenvalue weighted by Crippen LogP contribution is -2.31. The third-order valence-electron chi connectivity index (χ3n) is 2.55. The van der Waals surface area contributed by atoms with Crippen molar-refractivity contribution in [3.8, 4) is 0 Å². The molecule has 0 spiro atoms. The zero-order valence-corrected chi connectivity index (χ0v) is 12.2. The van der Waals surface area contributed by atoms with Crippen molar-refractivity contribution < 1.29 is 9.59 Å². The first kappa shape index (κ1) is 16.9. The lowest BCUT2D eigenvalue weighted by molar-refractivity contribution is -0.122. The van der Waals surface area contributed by atoms with Crippen molar-refractivity contribution in [3.05, 3.63) is 0 Å². The van der Waals surface area contributed by atoms with E-state index in [-0.39, 0.29) is 11.8 Å². The van der Waals surface area contributed by atoms with E-state index in [0.29, 0.717) is 31.2 Å². The molecule has 0 aliphatic rings. The first-order chi connectivity index (χ1) is 8.41. The summed E-state index contributed by atoms with van der Waals surface area (Å²) in [5, 5.41) is 5.62. The van der Waals surface area contributed by atoms with Gasteiger partial charge in [0.15, 0.2) is 0 Å². The minimum atomic E-state index is 0.0172. The molecule has 106 valence electrons. The third kappa shape index (κ3) is 11.4. The van der Waals surface area contributed by atoms with Crippen LogP contribution in [-0.2, 0) is 9.59 Å². The van der Waals surface area contributed by atoms with Crippen molar-refractivity contribution in [2.45, 2.75) is 53.4 Å². The second kappa shape index (κ2) is 9.92. The summed E-state index contributed by atoms with van der Waals surface area (Å²) in [4.78, 5) is 22.8. The lowest BCUT2D eigenvalue weighted by atomic mass is 10.1. The molecule has 0 saturated heterocycles. The molecule has 0 aliphatic carbocycles. The van der Waals surface area contributed by atoms with Gasteiger partial charge in [-0.05, 0) is 24.7 Å². The zero-order valence-electron chi connectivity index (χ0n) is 12.2. The fourth-order valence-electron chi connectivity index (χ4n) is 1.58. The van der Waals surface area contributed by atoms with Gasteiger partial charge in [-0.1, -0.05) is 27.7 Å². The van der Waals surface area contributed by atoms with E-state index in [0.717, 1.165) is 19.4 Å². The second-order valence-electron chi connectivity index (χ2n) is 5.58. The molecule has 0 bridgehead atoms. The van der Waals surface area contributed by atoms with E-state index in [1.54, 1.807) is 0 Å². The Labute approximate surface area is 111 Å². The van der Waals surface area contributed by atoms with E-state index in [2.05, 4.69) is 24.5 Å². The van der Waals surface area contributed by atoms with Gasteiger partial charge in [0.1, 0.15) is 0 Å². The number of rotatable bonds is 9. The predicted molar refractivity (Wildman–Crippen MR) is 74.2 cm³/mol. The van der Waals surface area contributed by atoms with Crippen LogP contribution in [0.4, 0.5) is 0 Å². The summed E-state index contributed by atoms with van der Waals surface area (Å²) in [6, 6.07) is 0. The molecule has 0 atom stereocenters. The highest BCUT2D eigenvalue weighted by molar-refractivity contribution is 5.78. The minimum absolute atomic E-state index is 0.0172. The molecule has 0 unspecified atom stereocenters. The SMILES string of the molecule is CC(C)CCCNC(=O)CCNC(=O)CC(C)C. The maximum atomic E-state index is 11.4. The third-order valence-corrected chi connectivity index (χ3v) is 2.55. The first-order valence-electron chi connectivity index (χ1n) is 6.95. The molecule has 0 aromatic rings. The Bertz CT molecular complexity index is 250. The average Bonchev–Trinajstić information content (AvgIpc) is 2.23. The minimum Gasteiger partial charge on any atom is -0.356 e. The second-order valence-corrected chi connectivity index (χ2v) is 5.58. The van der Waals surface area contributed by atoms with Crippen LogP contribution in [0.2, 0.25) is 0 Å². The van der Waals surface area contributed by atoms with E-state index in [4.69, 9.17) is 0 Å². The normalized spacial score (nSPS) is 10.8. The highest BCUT2D eigenvalue weighted by Crippen LogP contribution is 2.01. The van der Waals surface area contributed by atoms with Gasteiger partial charge >= 0.3 is 0 Å². The summed E-state index contributed by atoms with van der Waals surface area (Å²) < 4.78 is 0.